The summed E-state index contributed by atoms with van der Waals surface area (Å²) >= 11 is 0. The van der Waals surface area contributed by atoms with Gasteiger partial charge in [-0.2, -0.15) is 0 Å². The van der Waals surface area contributed by atoms with E-state index in [-0.39, 0.29) is 5.60 Å². The van der Waals surface area contributed by atoms with E-state index in [0.29, 0.717) is 17.1 Å². The van der Waals surface area contributed by atoms with E-state index >= 15 is 0 Å². The Labute approximate surface area is 124 Å². The van der Waals surface area contributed by atoms with Crippen LogP contribution in [0, 0.1) is 5.41 Å². The second kappa shape index (κ2) is 3.61. The predicted molar refractivity (Wildman–Crippen MR) is 82.7 cm³/mol. The van der Waals surface area contributed by atoms with E-state index in [9.17, 15) is 5.11 Å². The van der Waals surface area contributed by atoms with Crippen molar-refractivity contribution in [3.63, 3.8) is 0 Å². The maximum atomic E-state index is 9.69. The molecule has 21 heavy (non-hydrogen) atoms. The fourth-order valence-electron chi connectivity index (χ4n) is 5.15. The first-order chi connectivity index (χ1) is 10.1. The Kier molecular flexibility index (Phi) is 2.07. The zero-order valence-corrected chi connectivity index (χ0v) is 12.4. The molecule has 2 heteroatoms. The number of phenolic OH excluding ortho intramolecular Hbond substituents is 1. The van der Waals surface area contributed by atoms with Gasteiger partial charge in [0.05, 0.1) is 12.2 Å². The molecule has 0 unspecified atom stereocenters. The van der Waals surface area contributed by atoms with E-state index in [1.165, 1.54) is 35.8 Å². The number of aromatic hydroxyl groups is 1. The monoisotopic (exact) mass is 280 g/mol. The summed E-state index contributed by atoms with van der Waals surface area (Å²) in [5, 5.41) is 12.2. The SMILES string of the molecule is C[C@]12CCc3c(ccc4cc(O)ccc34)[C@@H]1CC[C@@]21CO1. The molecule has 1 aliphatic heterocycles. The molecule has 1 saturated carbocycles. The minimum atomic E-state index is 0.194. The summed E-state index contributed by atoms with van der Waals surface area (Å²) in [5.41, 5.74) is 3.56. The van der Waals surface area contributed by atoms with Crippen LogP contribution in [0.2, 0.25) is 0 Å². The van der Waals surface area contributed by atoms with Gasteiger partial charge in [0, 0.05) is 5.41 Å². The number of hydrogen-bond acceptors (Lipinski definition) is 2. The van der Waals surface area contributed by atoms with Crippen LogP contribution >= 0.6 is 0 Å². The van der Waals surface area contributed by atoms with Crippen molar-refractivity contribution < 1.29 is 9.84 Å². The van der Waals surface area contributed by atoms with Crippen molar-refractivity contribution in [2.45, 2.75) is 44.1 Å². The van der Waals surface area contributed by atoms with Crippen LogP contribution in [0.1, 0.15) is 43.2 Å². The molecule has 2 aromatic carbocycles. The minimum absolute atomic E-state index is 0.194. The first-order valence-electron chi connectivity index (χ1n) is 8.01. The molecule has 1 spiro atoms. The third-order valence-electron chi connectivity index (χ3n) is 6.56. The van der Waals surface area contributed by atoms with Gasteiger partial charge in [-0.05, 0) is 65.6 Å². The molecule has 3 aliphatic rings. The number of ether oxygens (including phenoxy) is 1. The number of phenols is 1. The highest BCUT2D eigenvalue weighted by atomic mass is 16.6. The van der Waals surface area contributed by atoms with Crippen LogP contribution in [0.25, 0.3) is 10.8 Å². The molecular weight excluding hydrogens is 260 g/mol. The number of fused-ring (bicyclic) bond motifs is 6. The minimum Gasteiger partial charge on any atom is -0.508 e. The van der Waals surface area contributed by atoms with Gasteiger partial charge in [-0.25, -0.2) is 0 Å². The Hall–Kier alpha value is -1.54. The van der Waals surface area contributed by atoms with Crippen LogP contribution in [-0.2, 0) is 11.2 Å². The van der Waals surface area contributed by atoms with Crippen molar-refractivity contribution in [3.05, 3.63) is 41.5 Å². The van der Waals surface area contributed by atoms with Gasteiger partial charge in [0.15, 0.2) is 0 Å². The molecule has 0 aromatic heterocycles. The summed E-state index contributed by atoms with van der Waals surface area (Å²) in [7, 11) is 0. The highest BCUT2D eigenvalue weighted by molar-refractivity contribution is 5.88. The van der Waals surface area contributed by atoms with Gasteiger partial charge in [0.25, 0.3) is 0 Å². The third-order valence-corrected chi connectivity index (χ3v) is 6.56. The average Bonchev–Trinajstić information content (AvgIpc) is 3.20. The molecule has 1 saturated heterocycles. The normalized spacial score (nSPS) is 36.7. The van der Waals surface area contributed by atoms with Crippen LogP contribution in [0.5, 0.6) is 5.75 Å². The maximum Gasteiger partial charge on any atom is 0.116 e. The van der Waals surface area contributed by atoms with E-state index in [2.05, 4.69) is 25.1 Å². The van der Waals surface area contributed by atoms with E-state index in [4.69, 9.17) is 4.74 Å². The van der Waals surface area contributed by atoms with E-state index in [1.54, 1.807) is 0 Å². The first kappa shape index (κ1) is 12.0. The van der Waals surface area contributed by atoms with Gasteiger partial charge in [0.2, 0.25) is 0 Å². The lowest BCUT2D eigenvalue weighted by atomic mass is 9.63. The van der Waals surface area contributed by atoms with Crippen LogP contribution < -0.4 is 0 Å². The lowest BCUT2D eigenvalue weighted by Gasteiger charge is -2.41. The van der Waals surface area contributed by atoms with Gasteiger partial charge in [-0.3, -0.25) is 0 Å². The summed E-state index contributed by atoms with van der Waals surface area (Å²) in [4.78, 5) is 0. The number of benzene rings is 2. The second-order valence-electron chi connectivity index (χ2n) is 7.33. The molecule has 2 aromatic rings. The average molecular weight is 280 g/mol. The Morgan fingerprint density at radius 2 is 2.05 bits per heavy atom. The number of epoxide rings is 1. The van der Waals surface area contributed by atoms with Crippen molar-refractivity contribution in [1.29, 1.82) is 0 Å². The van der Waals surface area contributed by atoms with Gasteiger partial charge in [-0.15, -0.1) is 0 Å². The zero-order chi connectivity index (χ0) is 14.2. The van der Waals surface area contributed by atoms with Gasteiger partial charge in [0.1, 0.15) is 5.75 Å². The van der Waals surface area contributed by atoms with Crippen molar-refractivity contribution in [2.75, 3.05) is 6.61 Å². The van der Waals surface area contributed by atoms with Crippen LogP contribution in [-0.4, -0.2) is 17.3 Å². The summed E-state index contributed by atoms with van der Waals surface area (Å²) in [6.07, 6.45) is 4.84. The van der Waals surface area contributed by atoms with E-state index in [0.717, 1.165) is 18.4 Å². The summed E-state index contributed by atoms with van der Waals surface area (Å²) in [5.74, 6) is 0.997. The standard InChI is InChI=1S/C19H20O2/c1-18-8-6-15-14-5-3-13(20)10-12(14)2-4-16(15)17(18)7-9-19(18)11-21-19/h2-5,10,17,20H,6-9,11H2,1H3/t17-,18-,19+/m0/s1. The quantitative estimate of drug-likeness (QED) is 0.735. The molecule has 0 radical (unpaired) electrons. The van der Waals surface area contributed by atoms with Gasteiger partial charge < -0.3 is 9.84 Å². The van der Waals surface area contributed by atoms with Crippen molar-refractivity contribution >= 4 is 10.8 Å². The molecule has 2 aliphatic carbocycles. The maximum absolute atomic E-state index is 9.69. The topological polar surface area (TPSA) is 32.8 Å². The largest absolute Gasteiger partial charge is 0.508 e. The summed E-state index contributed by atoms with van der Waals surface area (Å²) in [6.45, 7) is 3.42. The first-order valence-corrected chi connectivity index (χ1v) is 8.01. The molecule has 1 heterocycles. The lowest BCUT2D eigenvalue weighted by Crippen LogP contribution is -2.37. The van der Waals surface area contributed by atoms with Gasteiger partial charge >= 0.3 is 0 Å². The Balaban J connectivity index is 1.72. The van der Waals surface area contributed by atoms with Crippen LogP contribution in [0.15, 0.2) is 30.3 Å². The smallest absolute Gasteiger partial charge is 0.116 e. The number of hydrogen-bond donors (Lipinski definition) is 1. The van der Waals surface area contributed by atoms with Crippen molar-refractivity contribution in [1.82, 2.24) is 0 Å². The van der Waals surface area contributed by atoms with E-state index in [1.807, 2.05) is 12.1 Å². The molecule has 3 atom stereocenters. The number of aryl methyl sites for hydroxylation is 1. The van der Waals surface area contributed by atoms with Gasteiger partial charge in [-0.1, -0.05) is 25.1 Å². The molecular formula is C19H20O2. The zero-order valence-electron chi connectivity index (χ0n) is 12.4. The van der Waals surface area contributed by atoms with Crippen molar-refractivity contribution in [3.8, 4) is 5.75 Å². The molecule has 0 amide bonds. The molecule has 108 valence electrons. The Bertz CT molecular complexity index is 759. The van der Waals surface area contributed by atoms with E-state index < -0.39 is 0 Å². The molecule has 2 nitrogen and oxygen atoms in total. The predicted octanol–water partition coefficient (Wildman–Crippen LogP) is 4.14. The number of rotatable bonds is 0. The van der Waals surface area contributed by atoms with Crippen LogP contribution in [0.4, 0.5) is 0 Å². The highest BCUT2D eigenvalue weighted by Gasteiger charge is 2.66. The molecule has 2 fully saturated rings. The molecule has 5 rings (SSSR count). The van der Waals surface area contributed by atoms with Crippen molar-refractivity contribution in [2.24, 2.45) is 5.41 Å². The summed E-state index contributed by atoms with van der Waals surface area (Å²) in [6, 6.07) is 10.3. The highest BCUT2D eigenvalue weighted by Crippen LogP contribution is 2.66. The second-order valence-corrected chi connectivity index (χ2v) is 7.33. The van der Waals surface area contributed by atoms with Crippen LogP contribution in [0.3, 0.4) is 0 Å². The molecule has 1 N–H and O–H groups in total. The third kappa shape index (κ3) is 1.37. The fraction of sp³-hybridized carbons (Fsp3) is 0.474. The lowest BCUT2D eigenvalue weighted by molar-refractivity contribution is 0.120. The molecule has 0 bridgehead atoms. The Morgan fingerprint density at radius 3 is 2.86 bits per heavy atom. The fourth-order valence-corrected chi connectivity index (χ4v) is 5.15. The summed E-state index contributed by atoms with van der Waals surface area (Å²) < 4.78 is 5.91. The Morgan fingerprint density at radius 1 is 1.19 bits per heavy atom.